The van der Waals surface area contributed by atoms with Gasteiger partial charge in [-0.3, -0.25) is 19.2 Å². The fourth-order valence-electron chi connectivity index (χ4n) is 5.45. The second kappa shape index (κ2) is 7.19. The summed E-state index contributed by atoms with van der Waals surface area (Å²) in [5, 5.41) is 0.415. The number of nitrogens with zero attached hydrogens (tertiary/aromatic N) is 1. The second-order valence-corrected chi connectivity index (χ2v) is 9.32. The van der Waals surface area contributed by atoms with E-state index in [2.05, 4.69) is 0 Å². The molecule has 0 saturated carbocycles. The van der Waals surface area contributed by atoms with Crippen molar-refractivity contribution in [1.82, 2.24) is 0 Å². The van der Waals surface area contributed by atoms with Crippen LogP contribution in [0.25, 0.3) is 0 Å². The number of amides is 2. The average molecular weight is 472 g/mol. The molecule has 6 nitrogen and oxygen atoms in total. The highest BCUT2D eigenvalue weighted by molar-refractivity contribution is 6.37. The third-order valence-corrected chi connectivity index (χ3v) is 7.22. The summed E-state index contributed by atoms with van der Waals surface area (Å²) in [5.74, 6) is -4.61. The van der Waals surface area contributed by atoms with Crippen molar-refractivity contribution in [2.75, 3.05) is 4.90 Å². The Morgan fingerprint density at radius 1 is 0.824 bits per heavy atom. The highest BCUT2D eigenvalue weighted by Gasteiger charge is 2.74. The molecular weight excluding hydrogens is 454 g/mol. The van der Waals surface area contributed by atoms with Crippen molar-refractivity contribution in [2.45, 2.75) is 18.6 Å². The summed E-state index contributed by atoms with van der Waals surface area (Å²) in [4.78, 5) is 56.1. The van der Waals surface area contributed by atoms with Gasteiger partial charge >= 0.3 is 0 Å². The van der Waals surface area contributed by atoms with Crippen molar-refractivity contribution < 1.29 is 23.9 Å². The van der Waals surface area contributed by atoms with Crippen LogP contribution in [-0.4, -0.2) is 29.0 Å². The molecule has 1 aliphatic carbocycles. The van der Waals surface area contributed by atoms with Crippen LogP contribution in [0, 0.1) is 18.8 Å². The molecule has 0 radical (unpaired) electrons. The molecule has 0 bridgehead atoms. The number of fused-ring (bicyclic) bond motifs is 3. The zero-order chi connectivity index (χ0) is 23.8. The molecule has 34 heavy (non-hydrogen) atoms. The minimum atomic E-state index is -2.09. The van der Waals surface area contributed by atoms with Gasteiger partial charge in [0.2, 0.25) is 29.0 Å². The van der Waals surface area contributed by atoms with Gasteiger partial charge in [0.25, 0.3) is 0 Å². The fourth-order valence-corrected chi connectivity index (χ4v) is 5.65. The summed E-state index contributed by atoms with van der Waals surface area (Å²) < 4.78 is 6.24. The van der Waals surface area contributed by atoms with Crippen LogP contribution in [0.1, 0.15) is 37.9 Å². The number of rotatable bonds is 2. The van der Waals surface area contributed by atoms with E-state index in [1.54, 1.807) is 72.8 Å². The summed E-state index contributed by atoms with van der Waals surface area (Å²) >= 11 is 6.20. The summed E-state index contributed by atoms with van der Waals surface area (Å²) in [6.07, 6.45) is -0.988. The number of carbonyl (C=O) groups is 4. The van der Waals surface area contributed by atoms with Gasteiger partial charge in [0.05, 0.1) is 23.6 Å². The van der Waals surface area contributed by atoms with E-state index in [0.717, 1.165) is 10.5 Å². The standard InChI is InChI=1S/C27H18ClNO5/c1-14-9-11-17(12-10-14)29-25(32)20-21(26(29)33)27(34-22(20)15-5-4-6-16(28)13-15)23(30)18-7-2-3-8-19(18)24(27)31/h2-13,20-22H,1H3/t20-,21+,22+/m0/s1. The molecule has 1 spiro atoms. The zero-order valence-corrected chi connectivity index (χ0v) is 18.8. The Kier molecular flexibility index (Phi) is 4.43. The number of ether oxygens (including phenoxy) is 1. The minimum absolute atomic E-state index is 0.201. The molecule has 2 amide bonds. The second-order valence-electron chi connectivity index (χ2n) is 8.88. The van der Waals surface area contributed by atoms with Gasteiger partial charge in [-0.25, -0.2) is 4.90 Å². The van der Waals surface area contributed by atoms with Gasteiger partial charge < -0.3 is 4.74 Å². The van der Waals surface area contributed by atoms with Gasteiger partial charge in [-0.2, -0.15) is 0 Å². The van der Waals surface area contributed by atoms with E-state index >= 15 is 0 Å². The number of carbonyl (C=O) groups excluding carboxylic acids is 4. The maximum Gasteiger partial charge on any atom is 0.241 e. The van der Waals surface area contributed by atoms with Crippen molar-refractivity contribution in [2.24, 2.45) is 11.8 Å². The predicted octanol–water partition coefficient (Wildman–Crippen LogP) is 4.34. The molecule has 0 N–H and O–H groups in total. The Hall–Kier alpha value is -3.61. The first-order valence-electron chi connectivity index (χ1n) is 10.9. The lowest BCUT2D eigenvalue weighted by molar-refractivity contribution is -0.127. The largest absolute Gasteiger partial charge is 0.349 e. The van der Waals surface area contributed by atoms with Gasteiger partial charge in [-0.15, -0.1) is 0 Å². The van der Waals surface area contributed by atoms with E-state index in [0.29, 0.717) is 16.3 Å². The number of aryl methyl sites for hydroxylation is 1. The van der Waals surface area contributed by atoms with Crippen molar-refractivity contribution >= 4 is 40.7 Å². The van der Waals surface area contributed by atoms with Crippen LogP contribution in [0.5, 0.6) is 0 Å². The molecule has 3 aliphatic rings. The van der Waals surface area contributed by atoms with Crippen LogP contribution < -0.4 is 4.90 Å². The lowest BCUT2D eigenvalue weighted by atomic mass is 9.77. The molecule has 0 unspecified atom stereocenters. The molecule has 6 rings (SSSR count). The number of hydrogen-bond donors (Lipinski definition) is 0. The number of halogens is 1. The highest BCUT2D eigenvalue weighted by Crippen LogP contribution is 2.57. The highest BCUT2D eigenvalue weighted by atomic mass is 35.5. The number of Topliss-reactive ketones (excluding diaryl/α,β-unsaturated/α-hetero) is 2. The van der Waals surface area contributed by atoms with E-state index in [-0.39, 0.29) is 11.1 Å². The Labute approximate surface area is 200 Å². The van der Waals surface area contributed by atoms with Crippen LogP contribution in [0.4, 0.5) is 5.69 Å². The van der Waals surface area contributed by atoms with Crippen LogP contribution in [0.3, 0.4) is 0 Å². The first-order chi connectivity index (χ1) is 16.3. The molecule has 2 aliphatic heterocycles. The molecule has 3 aromatic rings. The molecule has 3 atom stereocenters. The van der Waals surface area contributed by atoms with Crippen LogP contribution in [-0.2, 0) is 14.3 Å². The quantitative estimate of drug-likeness (QED) is 0.410. The Morgan fingerprint density at radius 3 is 2.09 bits per heavy atom. The molecule has 2 saturated heterocycles. The van der Waals surface area contributed by atoms with Gasteiger partial charge in [0.1, 0.15) is 0 Å². The SMILES string of the molecule is Cc1ccc(N2C(=O)[C@@H]3[C@@H](c4cccc(Cl)c4)OC4(C(=O)c5ccccc5C4=O)[C@H]3C2=O)cc1. The summed E-state index contributed by atoms with van der Waals surface area (Å²) in [5.41, 5.74) is 0.205. The Balaban J connectivity index is 1.55. The summed E-state index contributed by atoms with van der Waals surface area (Å²) in [6.45, 7) is 1.90. The minimum Gasteiger partial charge on any atom is -0.349 e. The summed E-state index contributed by atoms with van der Waals surface area (Å²) in [7, 11) is 0. The predicted molar refractivity (Wildman–Crippen MR) is 124 cm³/mol. The van der Waals surface area contributed by atoms with E-state index in [1.807, 2.05) is 6.92 Å². The maximum absolute atomic E-state index is 13.8. The van der Waals surface area contributed by atoms with Crippen molar-refractivity contribution in [3.63, 3.8) is 0 Å². The molecule has 7 heteroatoms. The van der Waals surface area contributed by atoms with E-state index in [9.17, 15) is 19.2 Å². The fraction of sp³-hybridized carbons (Fsp3) is 0.185. The van der Waals surface area contributed by atoms with Gasteiger partial charge in [-0.05, 0) is 36.8 Å². The first kappa shape index (κ1) is 21.0. The molecule has 2 fully saturated rings. The first-order valence-corrected chi connectivity index (χ1v) is 11.3. The van der Waals surface area contributed by atoms with Gasteiger partial charge in [-0.1, -0.05) is 65.7 Å². The number of hydrogen-bond acceptors (Lipinski definition) is 5. The monoisotopic (exact) mass is 471 g/mol. The van der Waals surface area contributed by atoms with E-state index in [4.69, 9.17) is 16.3 Å². The Bertz CT molecular complexity index is 1380. The van der Waals surface area contributed by atoms with Crippen LogP contribution in [0.2, 0.25) is 5.02 Å². The molecular formula is C27H18ClNO5. The normalized spacial score (nSPS) is 24.8. The smallest absolute Gasteiger partial charge is 0.241 e. The molecule has 3 aromatic carbocycles. The lowest BCUT2D eigenvalue weighted by Gasteiger charge is -2.27. The van der Waals surface area contributed by atoms with Crippen molar-refractivity contribution in [3.05, 3.63) is 100 Å². The molecule has 0 aromatic heterocycles. The third-order valence-electron chi connectivity index (χ3n) is 6.99. The number of anilines is 1. The van der Waals surface area contributed by atoms with E-state index in [1.165, 1.54) is 0 Å². The lowest BCUT2D eigenvalue weighted by Crippen LogP contribution is -2.51. The average Bonchev–Trinajstić information content (AvgIpc) is 3.40. The van der Waals surface area contributed by atoms with Gasteiger partial charge in [0.15, 0.2) is 0 Å². The Morgan fingerprint density at radius 2 is 1.47 bits per heavy atom. The van der Waals surface area contributed by atoms with E-state index < -0.39 is 46.9 Å². The number of ketones is 2. The molecule has 168 valence electrons. The van der Waals surface area contributed by atoms with Gasteiger partial charge in [0, 0.05) is 16.1 Å². The molecule has 2 heterocycles. The summed E-state index contributed by atoms with van der Waals surface area (Å²) in [6, 6.07) is 20.1. The van der Waals surface area contributed by atoms with Crippen LogP contribution in [0.15, 0.2) is 72.8 Å². The maximum atomic E-state index is 13.8. The number of imide groups is 1. The number of benzene rings is 3. The third kappa shape index (κ3) is 2.61. The van der Waals surface area contributed by atoms with Crippen LogP contribution >= 0.6 is 11.6 Å². The van der Waals surface area contributed by atoms with Crippen molar-refractivity contribution in [1.29, 1.82) is 0 Å². The zero-order valence-electron chi connectivity index (χ0n) is 18.0. The van der Waals surface area contributed by atoms with Crippen molar-refractivity contribution in [3.8, 4) is 0 Å². The topological polar surface area (TPSA) is 80.8 Å².